The summed E-state index contributed by atoms with van der Waals surface area (Å²) in [5, 5.41) is 4.22. The molecule has 1 fully saturated rings. The number of aryl methyl sites for hydroxylation is 1. The Morgan fingerprint density at radius 3 is 3.00 bits per heavy atom. The molecule has 4 rings (SSSR count). The van der Waals surface area contributed by atoms with Gasteiger partial charge in [0.2, 0.25) is 0 Å². The van der Waals surface area contributed by atoms with Crippen molar-refractivity contribution >= 4 is 16.8 Å². The monoisotopic (exact) mass is 320 g/mol. The lowest BCUT2D eigenvalue weighted by atomic mass is 10.1. The molecule has 0 aliphatic heterocycles. The molecule has 3 aromatic rings. The van der Waals surface area contributed by atoms with Gasteiger partial charge in [-0.1, -0.05) is 17.7 Å². The van der Waals surface area contributed by atoms with Gasteiger partial charge in [-0.05, 0) is 44.4 Å². The van der Waals surface area contributed by atoms with Crippen LogP contribution in [0.25, 0.3) is 10.9 Å². The van der Waals surface area contributed by atoms with Crippen molar-refractivity contribution in [1.82, 2.24) is 19.9 Å². The maximum absolute atomic E-state index is 12.6. The number of nitrogens with one attached hydrogen (secondary N) is 1. The Balaban J connectivity index is 1.54. The van der Waals surface area contributed by atoms with Gasteiger partial charge >= 0.3 is 0 Å². The van der Waals surface area contributed by atoms with Gasteiger partial charge in [0.1, 0.15) is 5.69 Å². The van der Waals surface area contributed by atoms with Crippen molar-refractivity contribution in [2.45, 2.75) is 38.3 Å². The Labute approximate surface area is 140 Å². The summed E-state index contributed by atoms with van der Waals surface area (Å²) in [7, 11) is 0. The van der Waals surface area contributed by atoms with Gasteiger partial charge in [-0.2, -0.15) is 0 Å². The highest BCUT2D eigenvalue weighted by molar-refractivity contribution is 5.95. The molecule has 2 aromatic heterocycles. The van der Waals surface area contributed by atoms with Gasteiger partial charge in [-0.25, -0.2) is 9.97 Å². The number of hydrogen-bond donors (Lipinski definition) is 1. The van der Waals surface area contributed by atoms with Gasteiger partial charge in [0, 0.05) is 23.8 Å². The lowest BCUT2D eigenvalue weighted by molar-refractivity contribution is 0.0924. The number of pyridine rings is 1. The molecule has 122 valence electrons. The number of nitrogens with zero attached hydrogens (tertiary/aromatic N) is 3. The van der Waals surface area contributed by atoms with E-state index in [1.165, 1.54) is 5.56 Å². The van der Waals surface area contributed by atoms with E-state index in [0.29, 0.717) is 5.69 Å². The highest BCUT2D eigenvalue weighted by Crippen LogP contribution is 2.30. The van der Waals surface area contributed by atoms with Crippen molar-refractivity contribution in [2.24, 2.45) is 0 Å². The van der Waals surface area contributed by atoms with Crippen LogP contribution >= 0.6 is 0 Å². The van der Waals surface area contributed by atoms with E-state index in [2.05, 4.69) is 32.8 Å². The molecule has 2 heterocycles. The molecule has 1 saturated carbocycles. The molecule has 24 heavy (non-hydrogen) atoms. The van der Waals surface area contributed by atoms with Crippen LogP contribution in [0.4, 0.5) is 0 Å². The van der Waals surface area contributed by atoms with Gasteiger partial charge in [0.15, 0.2) is 0 Å². The number of fused-ring (bicyclic) bond motifs is 1. The number of hydrogen-bond acceptors (Lipinski definition) is 3. The first-order valence-electron chi connectivity index (χ1n) is 8.36. The first kappa shape index (κ1) is 14.9. The number of rotatable bonds is 3. The number of benzene rings is 1. The second-order valence-corrected chi connectivity index (χ2v) is 6.48. The number of imidazole rings is 1. The van der Waals surface area contributed by atoms with E-state index in [0.717, 1.165) is 30.2 Å². The summed E-state index contributed by atoms with van der Waals surface area (Å²) < 4.78 is 2.09. The maximum atomic E-state index is 12.6. The van der Waals surface area contributed by atoms with Crippen molar-refractivity contribution in [3.63, 3.8) is 0 Å². The molecule has 5 heteroatoms. The summed E-state index contributed by atoms with van der Waals surface area (Å²) in [5.74, 6) is -0.102. The van der Waals surface area contributed by atoms with E-state index in [1.807, 2.05) is 30.7 Å². The molecule has 1 amide bonds. The molecule has 1 aromatic carbocycles. The lowest BCUT2D eigenvalue weighted by Crippen LogP contribution is -2.38. The molecule has 1 N–H and O–H groups in total. The van der Waals surface area contributed by atoms with Crippen LogP contribution in [0.2, 0.25) is 0 Å². The SMILES string of the molecule is Cc1ccc2nc(C(=O)N[C@@H]3CCC[C@@H]3n3ccnc3)ccc2c1. The second-order valence-electron chi connectivity index (χ2n) is 6.48. The summed E-state index contributed by atoms with van der Waals surface area (Å²) in [6, 6.07) is 10.2. The van der Waals surface area contributed by atoms with E-state index in [1.54, 1.807) is 12.3 Å². The van der Waals surface area contributed by atoms with Gasteiger partial charge in [-0.15, -0.1) is 0 Å². The molecule has 1 aliphatic rings. The largest absolute Gasteiger partial charge is 0.346 e. The van der Waals surface area contributed by atoms with Gasteiger partial charge in [0.25, 0.3) is 5.91 Å². The second kappa shape index (κ2) is 6.07. The van der Waals surface area contributed by atoms with Crippen molar-refractivity contribution in [2.75, 3.05) is 0 Å². The molecule has 2 atom stereocenters. The Morgan fingerprint density at radius 2 is 2.17 bits per heavy atom. The normalized spacial score (nSPS) is 20.4. The summed E-state index contributed by atoms with van der Waals surface area (Å²) in [6.07, 6.45) is 8.73. The Kier molecular flexibility index (Phi) is 3.76. The number of carbonyl (C=O) groups is 1. The summed E-state index contributed by atoms with van der Waals surface area (Å²) in [6.45, 7) is 2.05. The van der Waals surface area contributed by atoms with Crippen molar-refractivity contribution in [1.29, 1.82) is 0 Å². The van der Waals surface area contributed by atoms with Crippen LogP contribution in [0.5, 0.6) is 0 Å². The van der Waals surface area contributed by atoms with Crippen molar-refractivity contribution in [3.05, 3.63) is 60.3 Å². The first-order chi connectivity index (χ1) is 11.7. The van der Waals surface area contributed by atoms with Crippen LogP contribution in [0.3, 0.4) is 0 Å². The first-order valence-corrected chi connectivity index (χ1v) is 8.36. The van der Waals surface area contributed by atoms with E-state index in [9.17, 15) is 4.79 Å². The molecular formula is C19H20N4O. The van der Waals surface area contributed by atoms with Crippen molar-refractivity contribution < 1.29 is 4.79 Å². The highest BCUT2D eigenvalue weighted by atomic mass is 16.1. The van der Waals surface area contributed by atoms with Crippen molar-refractivity contribution in [3.8, 4) is 0 Å². The molecule has 1 aliphatic carbocycles. The Morgan fingerprint density at radius 1 is 1.25 bits per heavy atom. The van der Waals surface area contributed by atoms with Gasteiger partial charge in [-0.3, -0.25) is 4.79 Å². The lowest BCUT2D eigenvalue weighted by Gasteiger charge is -2.22. The number of aromatic nitrogens is 3. The van der Waals surface area contributed by atoms with E-state index in [4.69, 9.17) is 0 Å². The zero-order valence-corrected chi connectivity index (χ0v) is 13.6. The Hall–Kier alpha value is -2.69. The third kappa shape index (κ3) is 2.77. The van der Waals surface area contributed by atoms with Crippen LogP contribution in [-0.4, -0.2) is 26.5 Å². The summed E-state index contributed by atoms with van der Waals surface area (Å²) >= 11 is 0. The predicted molar refractivity (Wildman–Crippen MR) is 92.8 cm³/mol. The fourth-order valence-corrected chi connectivity index (χ4v) is 3.55. The minimum absolute atomic E-state index is 0.102. The highest BCUT2D eigenvalue weighted by Gasteiger charge is 2.30. The summed E-state index contributed by atoms with van der Waals surface area (Å²) in [4.78, 5) is 21.3. The zero-order chi connectivity index (χ0) is 16.5. The predicted octanol–water partition coefficient (Wildman–Crippen LogP) is 3.26. The minimum atomic E-state index is -0.102. The molecule has 0 unspecified atom stereocenters. The van der Waals surface area contributed by atoms with Crippen LogP contribution in [0.15, 0.2) is 49.1 Å². The average Bonchev–Trinajstić information content (AvgIpc) is 3.25. The molecule has 0 radical (unpaired) electrons. The van der Waals surface area contributed by atoms with E-state index >= 15 is 0 Å². The smallest absolute Gasteiger partial charge is 0.270 e. The Bertz CT molecular complexity index is 872. The van der Waals surface area contributed by atoms with Gasteiger partial charge in [0.05, 0.1) is 17.9 Å². The summed E-state index contributed by atoms with van der Waals surface area (Å²) in [5.41, 5.74) is 2.52. The molecular weight excluding hydrogens is 300 g/mol. The molecule has 0 bridgehead atoms. The van der Waals surface area contributed by atoms with Crippen LogP contribution in [-0.2, 0) is 0 Å². The number of carbonyl (C=O) groups excluding carboxylic acids is 1. The third-order valence-electron chi connectivity index (χ3n) is 4.78. The zero-order valence-electron chi connectivity index (χ0n) is 13.6. The fraction of sp³-hybridized carbons (Fsp3) is 0.316. The van der Waals surface area contributed by atoms with Crippen LogP contribution in [0, 0.1) is 6.92 Å². The van der Waals surface area contributed by atoms with Crippen LogP contribution in [0.1, 0.15) is 41.4 Å². The molecule has 0 saturated heterocycles. The van der Waals surface area contributed by atoms with Gasteiger partial charge < -0.3 is 9.88 Å². The van der Waals surface area contributed by atoms with E-state index < -0.39 is 0 Å². The van der Waals surface area contributed by atoms with E-state index in [-0.39, 0.29) is 18.0 Å². The quantitative estimate of drug-likeness (QED) is 0.806. The standard InChI is InChI=1S/C19H20N4O/c1-13-5-7-15-14(11-13)6-8-17(21-15)19(24)22-16-3-2-4-18(16)23-10-9-20-12-23/h5-12,16,18H,2-4H2,1H3,(H,22,24)/t16-,18+/m1/s1. The maximum Gasteiger partial charge on any atom is 0.270 e. The fourth-order valence-electron chi connectivity index (χ4n) is 3.55. The molecule has 0 spiro atoms. The average molecular weight is 320 g/mol. The topological polar surface area (TPSA) is 59.8 Å². The minimum Gasteiger partial charge on any atom is -0.346 e. The third-order valence-corrected chi connectivity index (χ3v) is 4.78. The number of amides is 1. The molecule has 5 nitrogen and oxygen atoms in total. The van der Waals surface area contributed by atoms with Crippen LogP contribution < -0.4 is 5.32 Å².